The molecule has 2 aromatic carbocycles. The summed E-state index contributed by atoms with van der Waals surface area (Å²) in [7, 11) is 0. The van der Waals surface area contributed by atoms with Crippen molar-refractivity contribution in [2.75, 3.05) is 0 Å². The quantitative estimate of drug-likeness (QED) is 0.477. The Bertz CT molecular complexity index is 1180. The van der Waals surface area contributed by atoms with Crippen LogP contribution in [-0.4, -0.2) is 19.7 Å². The van der Waals surface area contributed by atoms with Crippen LogP contribution >= 0.6 is 0 Å². The lowest BCUT2D eigenvalue weighted by atomic mass is 10.1. The largest absolute Gasteiger partial charge is 0.356 e. The SMILES string of the molecule is c1cncc(-c2cccc(-n3cnc4cc(-c5ccno5)ccc43)c2)c1. The van der Waals surface area contributed by atoms with Crippen molar-refractivity contribution in [2.45, 2.75) is 0 Å². The number of aromatic nitrogens is 4. The molecule has 5 aromatic rings. The Hall–Kier alpha value is -3.73. The maximum absolute atomic E-state index is 5.23. The molecule has 5 rings (SSSR count). The fraction of sp³-hybridized carbons (Fsp3) is 0. The van der Waals surface area contributed by atoms with Crippen LogP contribution in [0.5, 0.6) is 0 Å². The van der Waals surface area contributed by atoms with Crippen molar-refractivity contribution < 1.29 is 4.52 Å². The Morgan fingerprint density at radius 2 is 1.77 bits per heavy atom. The van der Waals surface area contributed by atoms with Gasteiger partial charge >= 0.3 is 0 Å². The van der Waals surface area contributed by atoms with Crippen molar-refractivity contribution in [3.63, 3.8) is 0 Å². The maximum atomic E-state index is 5.23. The van der Waals surface area contributed by atoms with E-state index < -0.39 is 0 Å². The monoisotopic (exact) mass is 338 g/mol. The van der Waals surface area contributed by atoms with Crippen LogP contribution < -0.4 is 0 Å². The van der Waals surface area contributed by atoms with E-state index in [9.17, 15) is 0 Å². The normalized spacial score (nSPS) is 11.1. The molecule has 0 aliphatic heterocycles. The number of fused-ring (bicyclic) bond motifs is 1. The van der Waals surface area contributed by atoms with Gasteiger partial charge in [0.2, 0.25) is 0 Å². The first-order valence-electron chi connectivity index (χ1n) is 8.27. The first-order chi connectivity index (χ1) is 12.9. The lowest BCUT2D eigenvalue weighted by molar-refractivity contribution is 0.432. The molecule has 124 valence electrons. The van der Waals surface area contributed by atoms with E-state index in [4.69, 9.17) is 4.52 Å². The van der Waals surface area contributed by atoms with Gasteiger partial charge in [-0.15, -0.1) is 0 Å². The number of nitrogens with zero attached hydrogens (tertiary/aromatic N) is 4. The molecule has 0 saturated heterocycles. The Kier molecular flexibility index (Phi) is 3.35. The molecule has 0 saturated carbocycles. The molecule has 0 aliphatic carbocycles. The summed E-state index contributed by atoms with van der Waals surface area (Å²) in [5, 5.41) is 3.76. The van der Waals surface area contributed by atoms with Gasteiger partial charge in [-0.3, -0.25) is 9.55 Å². The summed E-state index contributed by atoms with van der Waals surface area (Å²) >= 11 is 0. The predicted octanol–water partition coefficient (Wildman–Crippen LogP) is 4.74. The average molecular weight is 338 g/mol. The average Bonchev–Trinajstić information content (AvgIpc) is 3.38. The molecule has 0 unspecified atom stereocenters. The van der Waals surface area contributed by atoms with Crippen molar-refractivity contribution in [2.24, 2.45) is 0 Å². The van der Waals surface area contributed by atoms with E-state index in [-0.39, 0.29) is 0 Å². The molecule has 0 fully saturated rings. The van der Waals surface area contributed by atoms with Gasteiger partial charge < -0.3 is 4.52 Å². The van der Waals surface area contributed by atoms with Gasteiger partial charge in [0, 0.05) is 35.3 Å². The van der Waals surface area contributed by atoms with Gasteiger partial charge in [0.05, 0.1) is 17.2 Å². The van der Waals surface area contributed by atoms with E-state index in [1.165, 1.54) is 0 Å². The van der Waals surface area contributed by atoms with E-state index >= 15 is 0 Å². The minimum atomic E-state index is 0.736. The third-order valence-corrected chi connectivity index (χ3v) is 4.39. The summed E-state index contributed by atoms with van der Waals surface area (Å²) in [6.07, 6.45) is 7.14. The number of pyridine rings is 1. The van der Waals surface area contributed by atoms with Crippen molar-refractivity contribution in [3.05, 3.63) is 85.6 Å². The number of hydrogen-bond acceptors (Lipinski definition) is 4. The van der Waals surface area contributed by atoms with Gasteiger partial charge in [-0.1, -0.05) is 23.4 Å². The Morgan fingerprint density at radius 1 is 0.808 bits per heavy atom. The zero-order chi connectivity index (χ0) is 17.3. The number of imidazole rings is 1. The first-order valence-corrected chi connectivity index (χ1v) is 8.27. The molecule has 5 heteroatoms. The van der Waals surface area contributed by atoms with Crippen molar-refractivity contribution in [1.82, 2.24) is 19.7 Å². The summed E-state index contributed by atoms with van der Waals surface area (Å²) in [6.45, 7) is 0. The molecule has 3 aromatic heterocycles. The van der Waals surface area contributed by atoms with Crippen LogP contribution in [0.4, 0.5) is 0 Å². The second-order valence-electron chi connectivity index (χ2n) is 5.99. The van der Waals surface area contributed by atoms with Crippen LogP contribution in [0.25, 0.3) is 39.2 Å². The van der Waals surface area contributed by atoms with E-state index in [0.717, 1.165) is 39.2 Å². The highest BCUT2D eigenvalue weighted by atomic mass is 16.5. The topological polar surface area (TPSA) is 56.7 Å². The van der Waals surface area contributed by atoms with Crippen molar-refractivity contribution in [3.8, 4) is 28.1 Å². The third kappa shape index (κ3) is 2.46. The summed E-state index contributed by atoms with van der Waals surface area (Å²) in [5.41, 5.74) is 6.18. The predicted molar refractivity (Wildman–Crippen MR) is 99.8 cm³/mol. The van der Waals surface area contributed by atoms with Crippen LogP contribution in [0.2, 0.25) is 0 Å². The maximum Gasteiger partial charge on any atom is 0.166 e. The summed E-state index contributed by atoms with van der Waals surface area (Å²) < 4.78 is 7.32. The zero-order valence-electron chi connectivity index (χ0n) is 13.8. The number of benzene rings is 2. The van der Waals surface area contributed by atoms with Crippen molar-refractivity contribution >= 4 is 11.0 Å². The van der Waals surface area contributed by atoms with E-state index in [2.05, 4.69) is 50.0 Å². The van der Waals surface area contributed by atoms with E-state index in [1.54, 1.807) is 12.4 Å². The minimum Gasteiger partial charge on any atom is -0.356 e. The smallest absolute Gasteiger partial charge is 0.166 e. The molecule has 26 heavy (non-hydrogen) atoms. The summed E-state index contributed by atoms with van der Waals surface area (Å²) in [4.78, 5) is 8.76. The Labute approximate surface area is 149 Å². The third-order valence-electron chi connectivity index (χ3n) is 4.39. The second kappa shape index (κ2) is 5.97. The van der Waals surface area contributed by atoms with Crippen LogP contribution in [0.1, 0.15) is 0 Å². The molecule has 0 aliphatic rings. The van der Waals surface area contributed by atoms with Crippen LogP contribution in [0, 0.1) is 0 Å². The molecule has 0 spiro atoms. The van der Waals surface area contributed by atoms with Crippen molar-refractivity contribution in [1.29, 1.82) is 0 Å². The summed E-state index contributed by atoms with van der Waals surface area (Å²) in [5.74, 6) is 0.736. The molecule has 0 atom stereocenters. The van der Waals surface area contributed by atoms with Crippen LogP contribution in [-0.2, 0) is 0 Å². The fourth-order valence-electron chi connectivity index (χ4n) is 3.11. The molecule has 0 radical (unpaired) electrons. The van der Waals surface area contributed by atoms with Gasteiger partial charge in [0.25, 0.3) is 0 Å². The highest BCUT2D eigenvalue weighted by Gasteiger charge is 2.09. The molecule has 5 nitrogen and oxygen atoms in total. The molecule has 0 N–H and O–H groups in total. The Morgan fingerprint density at radius 3 is 2.62 bits per heavy atom. The lowest BCUT2D eigenvalue weighted by Crippen LogP contribution is -1.92. The Balaban J connectivity index is 1.59. The second-order valence-corrected chi connectivity index (χ2v) is 5.99. The highest BCUT2D eigenvalue weighted by molar-refractivity contribution is 5.82. The first kappa shape index (κ1) is 14.6. The summed E-state index contributed by atoms with van der Waals surface area (Å²) in [6, 6.07) is 20.3. The minimum absolute atomic E-state index is 0.736. The highest BCUT2D eigenvalue weighted by Crippen LogP contribution is 2.27. The van der Waals surface area contributed by atoms with Gasteiger partial charge in [-0.25, -0.2) is 4.98 Å². The molecule has 3 heterocycles. The van der Waals surface area contributed by atoms with Gasteiger partial charge in [-0.2, -0.15) is 0 Å². The molecule has 0 bridgehead atoms. The fourth-order valence-corrected chi connectivity index (χ4v) is 3.11. The van der Waals surface area contributed by atoms with E-state index in [1.807, 2.05) is 42.9 Å². The zero-order valence-corrected chi connectivity index (χ0v) is 13.8. The van der Waals surface area contributed by atoms with Gasteiger partial charge in [0.15, 0.2) is 5.76 Å². The van der Waals surface area contributed by atoms with Crippen LogP contribution in [0.3, 0.4) is 0 Å². The lowest BCUT2D eigenvalue weighted by Gasteiger charge is -2.07. The molecule has 0 amide bonds. The number of hydrogen-bond donors (Lipinski definition) is 0. The van der Waals surface area contributed by atoms with Crippen LogP contribution in [0.15, 0.2) is 90.1 Å². The van der Waals surface area contributed by atoms with E-state index in [0.29, 0.717) is 0 Å². The number of rotatable bonds is 3. The molecular weight excluding hydrogens is 324 g/mol. The standard InChI is InChI=1S/C21H14N4O/c1-3-15(17-4-2-9-22-13-17)11-18(5-1)25-14-23-19-12-16(6-7-20(19)25)21-8-10-24-26-21/h1-14H. The van der Waals surface area contributed by atoms with Gasteiger partial charge in [-0.05, 0) is 42.0 Å². The van der Waals surface area contributed by atoms with Gasteiger partial charge in [0.1, 0.15) is 6.33 Å². The molecular formula is C21H14N4O.